The summed E-state index contributed by atoms with van der Waals surface area (Å²) in [6.07, 6.45) is 3.28. The predicted octanol–water partition coefficient (Wildman–Crippen LogP) is 1.85. The van der Waals surface area contributed by atoms with Crippen molar-refractivity contribution in [3.05, 3.63) is 34.6 Å². The van der Waals surface area contributed by atoms with Crippen molar-refractivity contribution >= 4 is 0 Å². The highest BCUT2D eigenvalue weighted by atomic mass is 16.5. The summed E-state index contributed by atoms with van der Waals surface area (Å²) < 4.78 is 5.71. The van der Waals surface area contributed by atoms with Gasteiger partial charge in [-0.1, -0.05) is 0 Å². The van der Waals surface area contributed by atoms with E-state index in [0.29, 0.717) is 18.3 Å². The summed E-state index contributed by atoms with van der Waals surface area (Å²) in [5, 5.41) is 6.90. The van der Waals surface area contributed by atoms with Crippen LogP contribution in [0.5, 0.6) is 11.8 Å². The van der Waals surface area contributed by atoms with Crippen LogP contribution in [0.1, 0.15) is 28.9 Å². The fourth-order valence-corrected chi connectivity index (χ4v) is 2.28. The van der Waals surface area contributed by atoms with E-state index in [1.807, 2.05) is 13.0 Å². The number of pyridine rings is 1. The highest BCUT2D eigenvalue weighted by Crippen LogP contribution is 2.28. The number of aromatic amines is 1. The average molecular weight is 244 g/mol. The molecular weight excluding hydrogens is 228 g/mol. The second-order valence-corrected chi connectivity index (χ2v) is 4.61. The first-order valence-corrected chi connectivity index (χ1v) is 6.18. The Bertz CT molecular complexity index is 576. The number of hydrogen-bond acceptors (Lipinski definition) is 4. The normalized spacial score (nSPS) is 13.7. The fraction of sp³-hybridized carbons (Fsp3) is 0.385. The molecule has 1 aliphatic carbocycles. The van der Waals surface area contributed by atoms with E-state index in [2.05, 4.69) is 21.2 Å². The Morgan fingerprint density at radius 3 is 3.00 bits per heavy atom. The molecule has 94 valence electrons. The Morgan fingerprint density at radius 2 is 2.28 bits per heavy atom. The van der Waals surface area contributed by atoms with Gasteiger partial charge in [0.2, 0.25) is 11.8 Å². The highest BCUT2D eigenvalue weighted by molar-refractivity contribution is 5.38. The molecule has 0 saturated carbocycles. The molecule has 3 rings (SSSR count). The zero-order valence-electron chi connectivity index (χ0n) is 10.4. The van der Waals surface area contributed by atoms with E-state index in [1.165, 1.54) is 5.56 Å². The lowest BCUT2D eigenvalue weighted by Crippen LogP contribution is -2.04. The van der Waals surface area contributed by atoms with Crippen LogP contribution in [-0.2, 0) is 19.4 Å². The first-order valence-electron chi connectivity index (χ1n) is 6.18. The molecule has 18 heavy (non-hydrogen) atoms. The van der Waals surface area contributed by atoms with Crippen LogP contribution < -0.4 is 10.5 Å². The van der Waals surface area contributed by atoms with Crippen LogP contribution in [0.3, 0.4) is 0 Å². The molecule has 0 amide bonds. The number of aromatic nitrogens is 3. The predicted molar refractivity (Wildman–Crippen MR) is 67.6 cm³/mol. The first-order chi connectivity index (χ1) is 8.76. The van der Waals surface area contributed by atoms with Crippen molar-refractivity contribution in [2.75, 3.05) is 0 Å². The van der Waals surface area contributed by atoms with Crippen molar-refractivity contribution in [1.82, 2.24) is 15.2 Å². The van der Waals surface area contributed by atoms with Crippen LogP contribution in [0.2, 0.25) is 0 Å². The molecule has 1 aliphatic rings. The molecule has 0 unspecified atom stereocenters. The van der Waals surface area contributed by atoms with Crippen LogP contribution in [0.25, 0.3) is 0 Å². The maximum Gasteiger partial charge on any atom is 0.240 e. The monoisotopic (exact) mass is 244 g/mol. The van der Waals surface area contributed by atoms with E-state index in [-0.39, 0.29) is 0 Å². The summed E-state index contributed by atoms with van der Waals surface area (Å²) in [4.78, 5) is 4.57. The van der Waals surface area contributed by atoms with Gasteiger partial charge in [0.25, 0.3) is 0 Å². The first kappa shape index (κ1) is 11.2. The summed E-state index contributed by atoms with van der Waals surface area (Å²) in [6, 6.07) is 3.96. The minimum Gasteiger partial charge on any atom is -0.419 e. The van der Waals surface area contributed by atoms with Gasteiger partial charge in [0, 0.05) is 29.6 Å². The van der Waals surface area contributed by atoms with E-state index < -0.39 is 0 Å². The van der Waals surface area contributed by atoms with Gasteiger partial charge in [-0.2, -0.15) is 0 Å². The summed E-state index contributed by atoms with van der Waals surface area (Å²) >= 11 is 0. The van der Waals surface area contributed by atoms with Gasteiger partial charge in [-0.3, -0.25) is 5.10 Å². The van der Waals surface area contributed by atoms with Crippen LogP contribution in [-0.4, -0.2) is 15.2 Å². The molecule has 5 nitrogen and oxygen atoms in total. The Hall–Kier alpha value is -1.88. The van der Waals surface area contributed by atoms with Gasteiger partial charge < -0.3 is 10.5 Å². The second kappa shape index (κ2) is 4.42. The number of nitrogens with one attached hydrogen (secondary N) is 1. The lowest BCUT2D eigenvalue weighted by atomic mass is 10.1. The van der Waals surface area contributed by atoms with Gasteiger partial charge in [-0.25, -0.2) is 4.98 Å². The molecule has 0 atom stereocenters. The van der Waals surface area contributed by atoms with Crippen LogP contribution in [0.15, 0.2) is 12.1 Å². The van der Waals surface area contributed by atoms with Gasteiger partial charge in [0.15, 0.2) is 0 Å². The third kappa shape index (κ3) is 1.97. The number of fused-ring (bicyclic) bond motifs is 1. The molecule has 0 spiro atoms. The minimum absolute atomic E-state index is 0.430. The van der Waals surface area contributed by atoms with Crippen molar-refractivity contribution in [2.24, 2.45) is 5.73 Å². The van der Waals surface area contributed by atoms with E-state index in [1.54, 1.807) is 0 Å². The van der Waals surface area contributed by atoms with Crippen molar-refractivity contribution < 1.29 is 4.74 Å². The summed E-state index contributed by atoms with van der Waals surface area (Å²) in [5.41, 5.74) is 10.1. The van der Waals surface area contributed by atoms with Gasteiger partial charge in [0.05, 0.1) is 0 Å². The van der Waals surface area contributed by atoms with Crippen molar-refractivity contribution in [2.45, 2.75) is 32.7 Å². The smallest absolute Gasteiger partial charge is 0.240 e. The van der Waals surface area contributed by atoms with Crippen molar-refractivity contribution in [3.8, 4) is 11.8 Å². The van der Waals surface area contributed by atoms with E-state index in [9.17, 15) is 0 Å². The second-order valence-electron chi connectivity index (χ2n) is 4.61. The Morgan fingerprint density at radius 1 is 1.39 bits per heavy atom. The number of aryl methyl sites for hydroxylation is 3. The van der Waals surface area contributed by atoms with Gasteiger partial charge >= 0.3 is 0 Å². The largest absolute Gasteiger partial charge is 0.419 e. The Kier molecular flexibility index (Phi) is 2.76. The molecule has 2 heterocycles. The molecular formula is C13H16N4O. The Balaban J connectivity index is 1.95. The summed E-state index contributed by atoms with van der Waals surface area (Å²) in [5.74, 6) is 1.12. The number of nitrogens with zero attached hydrogens (tertiary/aromatic N) is 2. The zero-order chi connectivity index (χ0) is 12.5. The Labute approximate surface area is 105 Å². The molecule has 0 bridgehead atoms. The molecule has 0 aromatic carbocycles. The molecule has 2 aromatic heterocycles. The molecule has 0 aliphatic heterocycles. The molecule has 5 heteroatoms. The minimum atomic E-state index is 0.430. The van der Waals surface area contributed by atoms with Crippen LogP contribution in [0.4, 0.5) is 0 Å². The standard InChI is InChI=1S/C13H16N4O/c1-8-5-12(17-16-8)18-13-10(7-14)6-9-3-2-4-11(9)15-13/h5-6H,2-4,7,14H2,1H3,(H,16,17). The van der Waals surface area contributed by atoms with Gasteiger partial charge in [-0.15, -0.1) is 5.10 Å². The highest BCUT2D eigenvalue weighted by Gasteiger charge is 2.17. The maximum atomic E-state index is 5.76. The number of H-pyrrole nitrogens is 1. The summed E-state index contributed by atoms with van der Waals surface area (Å²) in [7, 11) is 0. The molecule has 3 N–H and O–H groups in total. The SMILES string of the molecule is Cc1cc(Oc2nc3c(cc2CN)CCC3)n[nH]1. The fourth-order valence-electron chi connectivity index (χ4n) is 2.28. The number of nitrogens with two attached hydrogens (primary N) is 1. The third-order valence-corrected chi connectivity index (χ3v) is 3.19. The number of ether oxygens (including phenoxy) is 1. The topological polar surface area (TPSA) is 76.8 Å². The molecule has 0 fully saturated rings. The quantitative estimate of drug-likeness (QED) is 0.863. The molecule has 2 aromatic rings. The number of rotatable bonds is 3. The zero-order valence-corrected chi connectivity index (χ0v) is 10.4. The number of hydrogen-bond donors (Lipinski definition) is 2. The maximum absolute atomic E-state index is 5.76. The van der Waals surface area contributed by atoms with E-state index in [4.69, 9.17) is 10.5 Å². The van der Waals surface area contributed by atoms with E-state index in [0.717, 1.165) is 36.2 Å². The average Bonchev–Trinajstić information content (AvgIpc) is 2.97. The third-order valence-electron chi connectivity index (χ3n) is 3.19. The van der Waals surface area contributed by atoms with Gasteiger partial charge in [0.1, 0.15) is 0 Å². The lowest BCUT2D eigenvalue weighted by Gasteiger charge is -2.09. The molecule has 0 saturated heterocycles. The van der Waals surface area contributed by atoms with Crippen molar-refractivity contribution in [1.29, 1.82) is 0 Å². The van der Waals surface area contributed by atoms with Crippen LogP contribution >= 0.6 is 0 Å². The van der Waals surface area contributed by atoms with E-state index >= 15 is 0 Å². The van der Waals surface area contributed by atoms with Gasteiger partial charge in [-0.05, 0) is 37.8 Å². The van der Waals surface area contributed by atoms with Crippen LogP contribution in [0, 0.1) is 6.92 Å². The summed E-state index contributed by atoms with van der Waals surface area (Å²) in [6.45, 7) is 2.36. The lowest BCUT2D eigenvalue weighted by molar-refractivity contribution is 0.436. The molecule has 0 radical (unpaired) electrons. The van der Waals surface area contributed by atoms with Crippen molar-refractivity contribution in [3.63, 3.8) is 0 Å².